The van der Waals surface area contributed by atoms with E-state index in [9.17, 15) is 23.3 Å². The number of hydrogen-bond acceptors (Lipinski definition) is 5. The Labute approximate surface area is 137 Å². The van der Waals surface area contributed by atoms with Crippen molar-refractivity contribution in [2.45, 2.75) is 37.9 Å². The molecular formula is C15H19F3N4O2. The number of aromatic nitrogens is 1. The highest BCUT2D eigenvalue weighted by Crippen LogP contribution is 2.37. The van der Waals surface area contributed by atoms with Gasteiger partial charge in [0.15, 0.2) is 0 Å². The van der Waals surface area contributed by atoms with Crippen molar-refractivity contribution in [3.63, 3.8) is 0 Å². The average molecular weight is 344 g/mol. The maximum Gasteiger partial charge on any atom is 0.433 e. The van der Waals surface area contributed by atoms with E-state index < -0.39 is 16.8 Å². The van der Waals surface area contributed by atoms with Gasteiger partial charge in [-0.2, -0.15) is 13.2 Å². The Balaban J connectivity index is 1.79. The summed E-state index contributed by atoms with van der Waals surface area (Å²) in [6, 6.07) is 1.26. The van der Waals surface area contributed by atoms with Crippen LogP contribution in [-0.2, 0) is 6.18 Å². The third-order valence-electron chi connectivity index (χ3n) is 4.90. The van der Waals surface area contributed by atoms with E-state index in [1.54, 1.807) is 4.90 Å². The number of nitrogens with one attached hydrogen (secondary N) is 1. The maximum absolute atomic E-state index is 12.9. The summed E-state index contributed by atoms with van der Waals surface area (Å²) in [7, 11) is 0. The molecule has 0 aromatic carbocycles. The van der Waals surface area contributed by atoms with Gasteiger partial charge < -0.3 is 10.2 Å². The minimum Gasteiger partial charge on any atom is -0.366 e. The smallest absolute Gasteiger partial charge is 0.366 e. The largest absolute Gasteiger partial charge is 0.433 e. The van der Waals surface area contributed by atoms with Crippen molar-refractivity contribution in [1.29, 1.82) is 0 Å². The first-order chi connectivity index (χ1) is 11.4. The lowest BCUT2D eigenvalue weighted by Crippen LogP contribution is -2.41. The maximum atomic E-state index is 12.9. The predicted octanol–water partition coefficient (Wildman–Crippen LogP) is 2.98. The minimum absolute atomic E-state index is 0.0140. The van der Waals surface area contributed by atoms with E-state index in [0.29, 0.717) is 31.2 Å². The zero-order valence-electron chi connectivity index (χ0n) is 13.1. The topological polar surface area (TPSA) is 71.3 Å². The summed E-state index contributed by atoms with van der Waals surface area (Å²) in [6.07, 6.45) is 0.00364. The predicted molar refractivity (Wildman–Crippen MR) is 81.9 cm³/mol. The summed E-state index contributed by atoms with van der Waals surface area (Å²) >= 11 is 0. The van der Waals surface area contributed by atoms with Crippen LogP contribution in [0.4, 0.5) is 24.5 Å². The molecule has 0 aliphatic carbocycles. The van der Waals surface area contributed by atoms with Gasteiger partial charge in [-0.25, -0.2) is 4.98 Å². The van der Waals surface area contributed by atoms with Gasteiger partial charge in [0.25, 0.3) is 0 Å². The Kier molecular flexibility index (Phi) is 4.62. The van der Waals surface area contributed by atoms with Gasteiger partial charge in [-0.3, -0.25) is 10.1 Å². The lowest BCUT2D eigenvalue weighted by atomic mass is 9.88. The fraction of sp³-hybridized carbons (Fsp3) is 0.667. The quantitative estimate of drug-likeness (QED) is 0.674. The molecule has 2 saturated heterocycles. The van der Waals surface area contributed by atoms with Gasteiger partial charge in [-0.05, 0) is 44.2 Å². The Morgan fingerprint density at radius 1 is 1.29 bits per heavy atom. The number of hydrogen-bond donors (Lipinski definition) is 1. The monoisotopic (exact) mass is 344 g/mol. The highest BCUT2D eigenvalue weighted by molar-refractivity contribution is 5.63. The molecule has 1 atom stereocenters. The van der Waals surface area contributed by atoms with Crippen LogP contribution in [0.2, 0.25) is 0 Å². The molecule has 1 N–H and O–H groups in total. The molecule has 0 radical (unpaired) electrons. The van der Waals surface area contributed by atoms with Crippen molar-refractivity contribution in [3.05, 3.63) is 28.1 Å². The molecule has 3 rings (SSSR count). The summed E-state index contributed by atoms with van der Waals surface area (Å²) < 4.78 is 38.6. The van der Waals surface area contributed by atoms with Crippen LogP contribution >= 0.6 is 0 Å². The number of pyridine rings is 1. The van der Waals surface area contributed by atoms with Gasteiger partial charge in [0.05, 0.1) is 4.92 Å². The molecule has 0 spiro atoms. The number of alkyl halides is 3. The van der Waals surface area contributed by atoms with E-state index >= 15 is 0 Å². The fourth-order valence-corrected chi connectivity index (χ4v) is 3.64. The van der Waals surface area contributed by atoms with Gasteiger partial charge in [0.1, 0.15) is 17.6 Å². The number of rotatable bonds is 3. The number of nitro groups is 1. The zero-order chi connectivity index (χ0) is 17.3. The molecule has 1 aromatic heterocycles. The van der Waals surface area contributed by atoms with Crippen molar-refractivity contribution in [2.75, 3.05) is 24.5 Å². The van der Waals surface area contributed by atoms with Gasteiger partial charge in [0.2, 0.25) is 0 Å². The molecular weight excluding hydrogens is 325 g/mol. The second kappa shape index (κ2) is 6.54. The standard InChI is InChI=1S/C15H19F3N4O2/c16-15(17,18)14-8-12(13(9-20-14)22(23)24)21-6-3-10(4-7-21)11-2-1-5-19-11/h8-11,19H,1-7H2. The molecule has 0 amide bonds. The summed E-state index contributed by atoms with van der Waals surface area (Å²) in [5.41, 5.74) is -1.46. The summed E-state index contributed by atoms with van der Waals surface area (Å²) in [5.74, 6) is 0.478. The van der Waals surface area contributed by atoms with Crippen LogP contribution in [0.15, 0.2) is 12.3 Å². The van der Waals surface area contributed by atoms with Crippen molar-refractivity contribution in [2.24, 2.45) is 5.92 Å². The lowest BCUT2D eigenvalue weighted by Gasteiger charge is -2.36. The van der Waals surface area contributed by atoms with E-state index in [2.05, 4.69) is 10.3 Å². The third kappa shape index (κ3) is 3.45. The van der Waals surface area contributed by atoms with E-state index in [1.807, 2.05) is 0 Å². The Morgan fingerprint density at radius 3 is 2.54 bits per heavy atom. The molecule has 9 heteroatoms. The molecule has 3 heterocycles. The first-order valence-electron chi connectivity index (χ1n) is 8.06. The van der Waals surface area contributed by atoms with Crippen LogP contribution in [0.3, 0.4) is 0 Å². The molecule has 1 unspecified atom stereocenters. The molecule has 24 heavy (non-hydrogen) atoms. The molecule has 0 saturated carbocycles. The zero-order valence-corrected chi connectivity index (χ0v) is 13.1. The second-order valence-electron chi connectivity index (χ2n) is 6.34. The SMILES string of the molecule is O=[N+]([O-])c1cnc(C(F)(F)F)cc1N1CCC(C2CCCN2)CC1. The Bertz CT molecular complexity index is 609. The van der Waals surface area contributed by atoms with Crippen LogP contribution in [0.1, 0.15) is 31.4 Å². The van der Waals surface area contributed by atoms with Crippen molar-refractivity contribution < 1.29 is 18.1 Å². The highest BCUT2D eigenvalue weighted by Gasteiger charge is 2.36. The molecule has 2 aliphatic rings. The molecule has 132 valence electrons. The fourth-order valence-electron chi connectivity index (χ4n) is 3.64. The summed E-state index contributed by atoms with van der Waals surface area (Å²) in [6.45, 7) is 2.05. The molecule has 2 aliphatic heterocycles. The molecule has 2 fully saturated rings. The van der Waals surface area contributed by atoms with Crippen LogP contribution in [0, 0.1) is 16.0 Å². The lowest BCUT2D eigenvalue weighted by molar-refractivity contribution is -0.384. The van der Waals surface area contributed by atoms with E-state index in [-0.39, 0.29) is 11.4 Å². The number of anilines is 1. The van der Waals surface area contributed by atoms with Crippen molar-refractivity contribution in [1.82, 2.24) is 10.3 Å². The number of nitrogens with zero attached hydrogens (tertiary/aromatic N) is 3. The van der Waals surface area contributed by atoms with Crippen LogP contribution < -0.4 is 10.2 Å². The van der Waals surface area contributed by atoms with Crippen LogP contribution in [0.25, 0.3) is 0 Å². The normalized spacial score (nSPS) is 22.8. The first-order valence-corrected chi connectivity index (χ1v) is 8.06. The number of piperidine rings is 1. The van der Waals surface area contributed by atoms with Gasteiger partial charge in [-0.1, -0.05) is 0 Å². The summed E-state index contributed by atoms with van der Waals surface area (Å²) in [4.78, 5) is 15.4. The van der Waals surface area contributed by atoms with E-state index in [1.165, 1.54) is 0 Å². The van der Waals surface area contributed by atoms with Crippen molar-refractivity contribution in [3.8, 4) is 0 Å². The van der Waals surface area contributed by atoms with Crippen LogP contribution in [0.5, 0.6) is 0 Å². The first kappa shape index (κ1) is 16.9. The minimum atomic E-state index is -4.62. The third-order valence-corrected chi connectivity index (χ3v) is 4.90. The molecule has 6 nitrogen and oxygen atoms in total. The van der Waals surface area contributed by atoms with Gasteiger partial charge >= 0.3 is 11.9 Å². The average Bonchev–Trinajstić information content (AvgIpc) is 3.08. The van der Waals surface area contributed by atoms with Gasteiger partial charge in [-0.15, -0.1) is 0 Å². The van der Waals surface area contributed by atoms with E-state index in [4.69, 9.17) is 0 Å². The Hall–Kier alpha value is -1.90. The van der Waals surface area contributed by atoms with Gasteiger partial charge in [0, 0.05) is 19.1 Å². The summed E-state index contributed by atoms with van der Waals surface area (Å²) in [5, 5.41) is 14.6. The highest BCUT2D eigenvalue weighted by atomic mass is 19.4. The Morgan fingerprint density at radius 2 is 2.00 bits per heavy atom. The molecule has 0 bridgehead atoms. The van der Waals surface area contributed by atoms with Crippen molar-refractivity contribution >= 4 is 11.4 Å². The van der Waals surface area contributed by atoms with E-state index in [0.717, 1.165) is 38.3 Å². The number of halogens is 3. The van der Waals surface area contributed by atoms with Crippen LogP contribution in [-0.4, -0.2) is 35.6 Å². The second-order valence-corrected chi connectivity index (χ2v) is 6.34. The molecule has 1 aromatic rings.